The summed E-state index contributed by atoms with van der Waals surface area (Å²) >= 11 is 12.4. The minimum Gasteiger partial charge on any atom is -0.228 e. The summed E-state index contributed by atoms with van der Waals surface area (Å²) < 4.78 is 0. The molecule has 0 spiro atoms. The fourth-order valence-electron chi connectivity index (χ4n) is 2.25. The number of rotatable bonds is 1. The van der Waals surface area contributed by atoms with E-state index in [2.05, 4.69) is 9.97 Å². The van der Waals surface area contributed by atoms with Crippen LogP contribution in [0.25, 0.3) is 22.3 Å². The first-order valence-corrected chi connectivity index (χ1v) is 7.00. The second kappa shape index (κ2) is 5.04. The number of fused-ring (bicyclic) bond motifs is 1. The predicted octanol–water partition coefficient (Wildman–Crippen LogP) is 5.22. The summed E-state index contributed by atoms with van der Waals surface area (Å²) in [6.07, 6.45) is 0. The van der Waals surface area contributed by atoms with Gasteiger partial charge in [0, 0.05) is 16.0 Å². The van der Waals surface area contributed by atoms with Gasteiger partial charge >= 0.3 is 0 Å². The quantitative estimate of drug-likeness (QED) is 0.576. The van der Waals surface area contributed by atoms with Gasteiger partial charge in [-0.2, -0.15) is 0 Å². The van der Waals surface area contributed by atoms with Gasteiger partial charge in [-0.15, -0.1) is 0 Å². The van der Waals surface area contributed by atoms with E-state index in [4.69, 9.17) is 23.2 Å². The first-order chi connectivity index (χ1) is 9.54. The smallest absolute Gasteiger partial charge is 0.161 e. The lowest BCUT2D eigenvalue weighted by Gasteiger charge is -2.07. The number of aromatic nitrogens is 2. The van der Waals surface area contributed by atoms with Gasteiger partial charge in [-0.25, -0.2) is 9.97 Å². The Hall–Kier alpha value is -1.64. The van der Waals surface area contributed by atoms with E-state index < -0.39 is 0 Å². The molecule has 2 aromatic carbocycles. The largest absolute Gasteiger partial charge is 0.228 e. The summed E-state index contributed by atoms with van der Waals surface area (Å²) in [6, 6.07) is 11.7. The summed E-state index contributed by atoms with van der Waals surface area (Å²) in [5.41, 5.74) is 3.89. The van der Waals surface area contributed by atoms with Crippen LogP contribution in [0.5, 0.6) is 0 Å². The molecule has 0 bridgehead atoms. The van der Waals surface area contributed by atoms with Crippen molar-refractivity contribution >= 4 is 34.1 Å². The highest BCUT2D eigenvalue weighted by molar-refractivity contribution is 6.34. The van der Waals surface area contributed by atoms with E-state index in [1.54, 1.807) is 0 Å². The number of halogens is 2. The molecule has 0 aliphatic carbocycles. The molecule has 3 aromatic rings. The predicted molar refractivity (Wildman–Crippen MR) is 84.5 cm³/mol. The summed E-state index contributed by atoms with van der Waals surface area (Å²) in [7, 11) is 0. The van der Waals surface area contributed by atoms with Crippen molar-refractivity contribution in [3.63, 3.8) is 0 Å². The van der Waals surface area contributed by atoms with Gasteiger partial charge in [-0.3, -0.25) is 0 Å². The molecule has 2 nitrogen and oxygen atoms in total. The van der Waals surface area contributed by atoms with Gasteiger partial charge in [0.1, 0.15) is 5.15 Å². The molecule has 0 atom stereocenters. The molecule has 0 unspecified atom stereocenters. The van der Waals surface area contributed by atoms with Crippen LogP contribution < -0.4 is 0 Å². The van der Waals surface area contributed by atoms with Crippen molar-refractivity contribution in [2.75, 3.05) is 0 Å². The Morgan fingerprint density at radius 2 is 1.75 bits per heavy atom. The monoisotopic (exact) mass is 302 g/mol. The third-order valence-corrected chi connectivity index (χ3v) is 3.69. The van der Waals surface area contributed by atoms with Crippen LogP contribution in [0.3, 0.4) is 0 Å². The summed E-state index contributed by atoms with van der Waals surface area (Å²) in [6.45, 7) is 4.00. The molecule has 0 amide bonds. The molecule has 100 valence electrons. The van der Waals surface area contributed by atoms with Crippen molar-refractivity contribution in [3.05, 3.63) is 57.7 Å². The molecule has 0 saturated carbocycles. The van der Waals surface area contributed by atoms with Crippen LogP contribution in [0.2, 0.25) is 10.2 Å². The number of aryl methyl sites for hydroxylation is 2. The molecule has 0 saturated heterocycles. The van der Waals surface area contributed by atoms with Crippen molar-refractivity contribution in [1.29, 1.82) is 0 Å². The van der Waals surface area contributed by atoms with Crippen LogP contribution >= 0.6 is 23.2 Å². The molecular formula is C16H12Cl2N2. The van der Waals surface area contributed by atoms with E-state index in [1.807, 2.05) is 50.2 Å². The van der Waals surface area contributed by atoms with Gasteiger partial charge < -0.3 is 0 Å². The fraction of sp³-hybridized carbons (Fsp3) is 0.125. The number of hydrogen-bond donors (Lipinski definition) is 0. The number of benzene rings is 2. The lowest BCUT2D eigenvalue weighted by atomic mass is 10.1. The minimum absolute atomic E-state index is 0.464. The van der Waals surface area contributed by atoms with Crippen LogP contribution in [0, 0.1) is 13.8 Å². The summed E-state index contributed by atoms with van der Waals surface area (Å²) in [4.78, 5) is 9.02. The zero-order valence-electron chi connectivity index (χ0n) is 11.1. The minimum atomic E-state index is 0.464. The van der Waals surface area contributed by atoms with Gasteiger partial charge in [0.2, 0.25) is 0 Å². The average molecular weight is 303 g/mol. The highest BCUT2D eigenvalue weighted by atomic mass is 35.5. The Kier molecular flexibility index (Phi) is 3.36. The molecule has 0 aliphatic heterocycles. The Morgan fingerprint density at radius 1 is 0.950 bits per heavy atom. The lowest BCUT2D eigenvalue weighted by Crippen LogP contribution is -1.94. The van der Waals surface area contributed by atoms with Crippen molar-refractivity contribution in [3.8, 4) is 11.4 Å². The van der Waals surface area contributed by atoms with Gasteiger partial charge in [0.25, 0.3) is 0 Å². The topological polar surface area (TPSA) is 25.8 Å². The highest BCUT2D eigenvalue weighted by Crippen LogP contribution is 2.28. The Morgan fingerprint density at radius 3 is 2.50 bits per heavy atom. The van der Waals surface area contributed by atoms with Gasteiger partial charge in [-0.1, -0.05) is 35.3 Å². The van der Waals surface area contributed by atoms with Crippen molar-refractivity contribution in [2.45, 2.75) is 13.8 Å². The molecule has 0 N–H and O–H groups in total. The molecule has 1 aromatic heterocycles. The summed E-state index contributed by atoms with van der Waals surface area (Å²) in [5, 5.41) is 2.00. The van der Waals surface area contributed by atoms with Crippen LogP contribution in [-0.2, 0) is 0 Å². The van der Waals surface area contributed by atoms with Crippen LogP contribution in [0.1, 0.15) is 11.1 Å². The maximum Gasteiger partial charge on any atom is 0.161 e. The second-order valence-corrected chi connectivity index (χ2v) is 5.62. The van der Waals surface area contributed by atoms with Crippen LogP contribution in [0.4, 0.5) is 0 Å². The lowest BCUT2D eigenvalue weighted by molar-refractivity contribution is 1.21. The van der Waals surface area contributed by atoms with E-state index in [9.17, 15) is 0 Å². The fourth-order valence-corrected chi connectivity index (χ4v) is 2.77. The van der Waals surface area contributed by atoms with Crippen molar-refractivity contribution in [1.82, 2.24) is 9.97 Å². The van der Waals surface area contributed by atoms with Crippen LogP contribution in [0.15, 0.2) is 36.4 Å². The zero-order valence-corrected chi connectivity index (χ0v) is 12.6. The molecule has 1 heterocycles. The maximum atomic E-state index is 6.28. The Balaban J connectivity index is 2.29. The first kappa shape index (κ1) is 13.3. The standard InChI is InChI=1S/C16H12Cl2N2/c1-9-6-11(8-12(17)7-9)16-19-14-10(2)4-3-5-13(14)15(18)20-16/h3-8H,1-2H3. The Bertz CT molecular complexity index is 793. The van der Waals surface area contributed by atoms with Gasteiger partial charge in [-0.05, 0) is 49.2 Å². The molecule has 20 heavy (non-hydrogen) atoms. The molecule has 4 heteroatoms. The first-order valence-electron chi connectivity index (χ1n) is 6.25. The van der Waals surface area contributed by atoms with E-state index in [1.165, 1.54) is 0 Å². The Labute approximate surface area is 127 Å². The van der Waals surface area contributed by atoms with Crippen molar-refractivity contribution in [2.24, 2.45) is 0 Å². The number of para-hydroxylation sites is 1. The molecule has 0 fully saturated rings. The van der Waals surface area contributed by atoms with Gasteiger partial charge in [0.05, 0.1) is 5.52 Å². The molecular weight excluding hydrogens is 291 g/mol. The van der Waals surface area contributed by atoms with Crippen molar-refractivity contribution < 1.29 is 0 Å². The number of hydrogen-bond acceptors (Lipinski definition) is 2. The van der Waals surface area contributed by atoms with Gasteiger partial charge in [0.15, 0.2) is 5.82 Å². The number of nitrogens with zero attached hydrogens (tertiary/aromatic N) is 2. The van der Waals surface area contributed by atoms with Crippen LogP contribution in [-0.4, -0.2) is 9.97 Å². The normalized spacial score (nSPS) is 11.0. The molecule has 0 radical (unpaired) electrons. The van der Waals surface area contributed by atoms with E-state index in [0.717, 1.165) is 27.6 Å². The third kappa shape index (κ3) is 2.37. The summed E-state index contributed by atoms with van der Waals surface area (Å²) in [5.74, 6) is 0.599. The van der Waals surface area contributed by atoms with E-state index in [-0.39, 0.29) is 0 Å². The highest BCUT2D eigenvalue weighted by Gasteiger charge is 2.10. The zero-order chi connectivity index (χ0) is 14.3. The molecule has 3 rings (SSSR count). The second-order valence-electron chi connectivity index (χ2n) is 4.83. The SMILES string of the molecule is Cc1cc(Cl)cc(-c2nc(Cl)c3cccc(C)c3n2)c1. The average Bonchev–Trinajstić information content (AvgIpc) is 2.38. The van der Waals surface area contributed by atoms with E-state index >= 15 is 0 Å². The molecule has 0 aliphatic rings. The van der Waals surface area contributed by atoms with E-state index in [0.29, 0.717) is 16.0 Å². The third-order valence-electron chi connectivity index (χ3n) is 3.18. The maximum absolute atomic E-state index is 6.28.